The monoisotopic (exact) mass is 342 g/mol. The number of nitrogens with one attached hydrogen (secondary N) is 2. The highest BCUT2D eigenvalue weighted by Gasteiger charge is 2.13. The van der Waals surface area contributed by atoms with Crippen LogP contribution in [0.1, 0.15) is 11.3 Å². The van der Waals surface area contributed by atoms with Crippen LogP contribution in [0.25, 0.3) is 0 Å². The molecule has 0 saturated carbocycles. The Bertz CT molecular complexity index is 902. The number of aryl methyl sites for hydroxylation is 1. The minimum absolute atomic E-state index is 0.252. The van der Waals surface area contributed by atoms with Crippen LogP contribution in [0.15, 0.2) is 76.2 Å². The second kappa shape index (κ2) is 6.80. The van der Waals surface area contributed by atoms with Gasteiger partial charge in [0.2, 0.25) is 0 Å². The SMILES string of the molecule is Cc1cccc(S(=O)(=O)Nc2ccc(NCc3ccco3)cc2)c1. The number of hydrogen-bond acceptors (Lipinski definition) is 4. The fourth-order valence-corrected chi connectivity index (χ4v) is 3.42. The summed E-state index contributed by atoms with van der Waals surface area (Å²) in [7, 11) is -3.58. The van der Waals surface area contributed by atoms with Gasteiger partial charge in [-0.2, -0.15) is 0 Å². The van der Waals surface area contributed by atoms with Gasteiger partial charge in [-0.05, 0) is 61.0 Å². The number of hydrogen-bond donors (Lipinski definition) is 2. The standard InChI is InChI=1S/C18H18N2O3S/c1-14-4-2-6-18(12-14)24(21,22)20-16-9-7-15(8-10-16)19-13-17-5-3-11-23-17/h2-12,19-20H,13H2,1H3. The lowest BCUT2D eigenvalue weighted by Crippen LogP contribution is -2.13. The summed E-state index contributed by atoms with van der Waals surface area (Å²) in [5.41, 5.74) is 2.29. The Labute approximate surface area is 141 Å². The highest BCUT2D eigenvalue weighted by molar-refractivity contribution is 7.92. The van der Waals surface area contributed by atoms with Crippen molar-refractivity contribution in [3.8, 4) is 0 Å². The smallest absolute Gasteiger partial charge is 0.261 e. The molecule has 0 bridgehead atoms. The second-order valence-electron chi connectivity index (χ2n) is 5.43. The van der Waals surface area contributed by atoms with Crippen LogP contribution >= 0.6 is 0 Å². The summed E-state index contributed by atoms with van der Waals surface area (Å²) in [6, 6.07) is 17.6. The van der Waals surface area contributed by atoms with E-state index >= 15 is 0 Å². The van der Waals surface area contributed by atoms with E-state index in [2.05, 4.69) is 10.0 Å². The van der Waals surface area contributed by atoms with Gasteiger partial charge in [-0.25, -0.2) is 8.42 Å². The number of furan rings is 1. The Balaban J connectivity index is 1.67. The van der Waals surface area contributed by atoms with E-state index in [0.29, 0.717) is 12.2 Å². The zero-order valence-electron chi connectivity index (χ0n) is 13.2. The molecule has 1 aromatic heterocycles. The first-order valence-corrected chi connectivity index (χ1v) is 8.97. The van der Waals surface area contributed by atoms with Crippen LogP contribution in [-0.4, -0.2) is 8.42 Å². The molecule has 0 aliphatic carbocycles. The Morgan fingerprint density at radius 2 is 1.71 bits per heavy atom. The zero-order chi connectivity index (χ0) is 17.0. The molecule has 2 aromatic carbocycles. The van der Waals surface area contributed by atoms with Crippen molar-refractivity contribution >= 4 is 21.4 Å². The van der Waals surface area contributed by atoms with Gasteiger partial charge < -0.3 is 9.73 Å². The number of benzene rings is 2. The average Bonchev–Trinajstić information content (AvgIpc) is 3.07. The van der Waals surface area contributed by atoms with Gasteiger partial charge in [-0.3, -0.25) is 4.72 Å². The molecule has 0 radical (unpaired) electrons. The summed E-state index contributed by atoms with van der Waals surface area (Å²) in [6.07, 6.45) is 1.63. The molecule has 2 N–H and O–H groups in total. The zero-order valence-corrected chi connectivity index (χ0v) is 14.0. The molecule has 3 rings (SSSR count). The van der Waals surface area contributed by atoms with Gasteiger partial charge in [-0.1, -0.05) is 12.1 Å². The van der Waals surface area contributed by atoms with Crippen molar-refractivity contribution in [3.05, 3.63) is 78.3 Å². The predicted octanol–water partition coefficient (Wildman–Crippen LogP) is 4.00. The molecule has 0 aliphatic rings. The van der Waals surface area contributed by atoms with Crippen molar-refractivity contribution < 1.29 is 12.8 Å². The lowest BCUT2D eigenvalue weighted by Gasteiger charge is -2.10. The molecular formula is C18H18N2O3S. The fourth-order valence-electron chi connectivity index (χ4n) is 2.26. The maximum Gasteiger partial charge on any atom is 0.261 e. The largest absolute Gasteiger partial charge is 0.467 e. The summed E-state index contributed by atoms with van der Waals surface area (Å²) in [4.78, 5) is 0.252. The Kier molecular flexibility index (Phi) is 4.57. The third-order valence-electron chi connectivity index (χ3n) is 3.48. The van der Waals surface area contributed by atoms with Crippen LogP contribution in [0.4, 0.5) is 11.4 Å². The van der Waals surface area contributed by atoms with Crippen molar-refractivity contribution in [2.45, 2.75) is 18.4 Å². The predicted molar refractivity (Wildman–Crippen MR) is 94.5 cm³/mol. The Morgan fingerprint density at radius 1 is 0.958 bits per heavy atom. The van der Waals surface area contributed by atoms with Crippen LogP contribution in [0.5, 0.6) is 0 Å². The average molecular weight is 342 g/mol. The van der Waals surface area contributed by atoms with Gasteiger partial charge in [0.1, 0.15) is 5.76 Å². The first kappa shape index (κ1) is 16.1. The lowest BCUT2D eigenvalue weighted by atomic mass is 10.2. The molecule has 0 aliphatic heterocycles. The van der Waals surface area contributed by atoms with Crippen molar-refractivity contribution in [1.82, 2.24) is 0 Å². The minimum Gasteiger partial charge on any atom is -0.467 e. The molecule has 1 heterocycles. The van der Waals surface area contributed by atoms with E-state index in [9.17, 15) is 8.42 Å². The van der Waals surface area contributed by atoms with Crippen molar-refractivity contribution in [1.29, 1.82) is 0 Å². The topological polar surface area (TPSA) is 71.3 Å². The van der Waals surface area contributed by atoms with Gasteiger partial charge in [0, 0.05) is 11.4 Å². The minimum atomic E-state index is -3.58. The summed E-state index contributed by atoms with van der Waals surface area (Å²) in [6.45, 7) is 2.43. The van der Waals surface area contributed by atoms with E-state index in [1.807, 2.05) is 37.3 Å². The van der Waals surface area contributed by atoms with Gasteiger partial charge in [-0.15, -0.1) is 0 Å². The maximum atomic E-state index is 12.4. The third-order valence-corrected chi connectivity index (χ3v) is 4.86. The molecule has 0 amide bonds. The van der Waals surface area contributed by atoms with Crippen molar-refractivity contribution in [2.24, 2.45) is 0 Å². The van der Waals surface area contributed by atoms with Crippen LogP contribution in [-0.2, 0) is 16.6 Å². The van der Waals surface area contributed by atoms with Gasteiger partial charge in [0.15, 0.2) is 0 Å². The molecule has 24 heavy (non-hydrogen) atoms. The Morgan fingerprint density at radius 3 is 2.38 bits per heavy atom. The molecule has 0 unspecified atom stereocenters. The highest BCUT2D eigenvalue weighted by Crippen LogP contribution is 2.19. The lowest BCUT2D eigenvalue weighted by molar-refractivity contribution is 0.518. The summed E-state index contributed by atoms with van der Waals surface area (Å²) in [5, 5.41) is 3.21. The second-order valence-corrected chi connectivity index (χ2v) is 7.11. The normalized spacial score (nSPS) is 11.2. The summed E-state index contributed by atoms with van der Waals surface area (Å²) >= 11 is 0. The van der Waals surface area contributed by atoms with Gasteiger partial charge in [0.25, 0.3) is 10.0 Å². The highest BCUT2D eigenvalue weighted by atomic mass is 32.2. The van der Waals surface area contributed by atoms with Crippen LogP contribution in [0.2, 0.25) is 0 Å². The number of anilines is 2. The van der Waals surface area contributed by atoms with Crippen LogP contribution in [0, 0.1) is 6.92 Å². The quantitative estimate of drug-likeness (QED) is 0.710. The molecule has 3 aromatic rings. The first-order valence-electron chi connectivity index (χ1n) is 7.49. The van der Waals surface area contributed by atoms with Crippen LogP contribution in [0.3, 0.4) is 0 Å². The molecule has 124 valence electrons. The molecule has 5 nitrogen and oxygen atoms in total. The molecular weight excluding hydrogens is 324 g/mol. The summed E-state index contributed by atoms with van der Waals surface area (Å²) < 4.78 is 32.6. The van der Waals surface area contributed by atoms with Crippen molar-refractivity contribution in [3.63, 3.8) is 0 Å². The number of rotatable bonds is 6. The van der Waals surface area contributed by atoms with E-state index < -0.39 is 10.0 Å². The van der Waals surface area contributed by atoms with Gasteiger partial charge in [0.05, 0.1) is 17.7 Å². The van der Waals surface area contributed by atoms with E-state index in [0.717, 1.165) is 17.0 Å². The molecule has 6 heteroatoms. The molecule has 0 spiro atoms. The third kappa shape index (κ3) is 3.97. The van der Waals surface area contributed by atoms with Crippen molar-refractivity contribution in [2.75, 3.05) is 10.0 Å². The van der Waals surface area contributed by atoms with E-state index in [1.54, 1.807) is 36.6 Å². The summed E-state index contributed by atoms with van der Waals surface area (Å²) in [5.74, 6) is 0.833. The van der Waals surface area contributed by atoms with Crippen LogP contribution < -0.4 is 10.0 Å². The van der Waals surface area contributed by atoms with E-state index in [1.165, 1.54) is 0 Å². The molecule has 0 fully saturated rings. The first-order chi connectivity index (χ1) is 11.5. The molecule has 0 atom stereocenters. The van der Waals surface area contributed by atoms with Gasteiger partial charge >= 0.3 is 0 Å². The van der Waals surface area contributed by atoms with E-state index in [4.69, 9.17) is 4.42 Å². The Hall–Kier alpha value is -2.73. The molecule has 0 saturated heterocycles. The number of sulfonamides is 1. The fraction of sp³-hybridized carbons (Fsp3) is 0.111. The maximum absolute atomic E-state index is 12.4. The van der Waals surface area contributed by atoms with E-state index in [-0.39, 0.29) is 4.90 Å².